The molecule has 1 saturated carbocycles. The first-order chi connectivity index (χ1) is 8.39. The SMILES string of the molecule is CN(c1ccc(N)cc1I)C1CCC(C)(C)CC1. The molecule has 100 valence electrons. The Morgan fingerprint density at radius 1 is 1.28 bits per heavy atom. The maximum absolute atomic E-state index is 5.82. The summed E-state index contributed by atoms with van der Waals surface area (Å²) in [6.07, 6.45) is 5.25. The van der Waals surface area contributed by atoms with E-state index in [-0.39, 0.29) is 0 Å². The molecule has 2 nitrogen and oxygen atoms in total. The van der Waals surface area contributed by atoms with Gasteiger partial charge in [0, 0.05) is 22.3 Å². The van der Waals surface area contributed by atoms with Gasteiger partial charge in [0.1, 0.15) is 0 Å². The third kappa shape index (κ3) is 3.11. The molecule has 0 atom stereocenters. The second-order valence-electron chi connectivity index (χ2n) is 6.22. The maximum atomic E-state index is 5.82. The summed E-state index contributed by atoms with van der Waals surface area (Å²) in [4.78, 5) is 2.44. The van der Waals surface area contributed by atoms with E-state index in [0.717, 1.165) is 5.69 Å². The molecule has 0 saturated heterocycles. The number of nitrogen functional groups attached to an aromatic ring is 1. The second kappa shape index (κ2) is 5.27. The summed E-state index contributed by atoms with van der Waals surface area (Å²) in [5.74, 6) is 0. The number of nitrogens with two attached hydrogens (primary N) is 1. The summed E-state index contributed by atoms with van der Waals surface area (Å²) in [6.45, 7) is 4.77. The van der Waals surface area contributed by atoms with Crippen molar-refractivity contribution in [2.75, 3.05) is 17.7 Å². The number of benzene rings is 1. The molecular weight excluding hydrogens is 335 g/mol. The lowest BCUT2D eigenvalue weighted by atomic mass is 9.75. The number of rotatable bonds is 2. The number of anilines is 2. The van der Waals surface area contributed by atoms with Gasteiger partial charge >= 0.3 is 0 Å². The molecule has 0 amide bonds. The van der Waals surface area contributed by atoms with E-state index in [0.29, 0.717) is 11.5 Å². The van der Waals surface area contributed by atoms with Crippen LogP contribution in [0.4, 0.5) is 11.4 Å². The molecule has 1 aromatic rings. The predicted octanol–water partition coefficient (Wildman–Crippen LogP) is 4.28. The molecule has 1 fully saturated rings. The fourth-order valence-electron chi connectivity index (χ4n) is 2.78. The van der Waals surface area contributed by atoms with Crippen molar-refractivity contribution in [1.82, 2.24) is 0 Å². The Morgan fingerprint density at radius 2 is 1.89 bits per heavy atom. The van der Waals surface area contributed by atoms with E-state index in [1.165, 1.54) is 34.9 Å². The average Bonchev–Trinajstić information content (AvgIpc) is 2.28. The van der Waals surface area contributed by atoms with E-state index in [1.807, 2.05) is 6.07 Å². The zero-order chi connectivity index (χ0) is 13.3. The van der Waals surface area contributed by atoms with Gasteiger partial charge in [0.05, 0.1) is 5.69 Å². The second-order valence-corrected chi connectivity index (χ2v) is 7.38. The normalized spacial score (nSPS) is 19.8. The van der Waals surface area contributed by atoms with Crippen molar-refractivity contribution in [2.24, 2.45) is 5.41 Å². The zero-order valence-corrected chi connectivity index (χ0v) is 13.7. The van der Waals surface area contributed by atoms with Gasteiger partial charge in [-0.15, -0.1) is 0 Å². The molecule has 1 aromatic carbocycles. The molecule has 2 rings (SSSR count). The minimum absolute atomic E-state index is 0.533. The summed E-state index contributed by atoms with van der Waals surface area (Å²) in [5.41, 5.74) is 8.51. The van der Waals surface area contributed by atoms with Crippen molar-refractivity contribution in [3.8, 4) is 0 Å². The van der Waals surface area contributed by atoms with Crippen LogP contribution in [0, 0.1) is 8.99 Å². The fourth-order valence-corrected chi connectivity index (χ4v) is 3.70. The Balaban J connectivity index is 2.10. The number of hydrogen-bond donors (Lipinski definition) is 1. The van der Waals surface area contributed by atoms with Gasteiger partial charge in [-0.2, -0.15) is 0 Å². The maximum Gasteiger partial charge on any atom is 0.0503 e. The number of nitrogens with zero attached hydrogens (tertiary/aromatic N) is 1. The molecule has 0 aromatic heterocycles. The monoisotopic (exact) mass is 358 g/mol. The molecular formula is C15H23IN2. The molecule has 0 aliphatic heterocycles. The standard InChI is InChI=1S/C15H23IN2/c1-15(2)8-6-12(7-9-15)18(3)14-5-4-11(17)10-13(14)16/h4-5,10,12H,6-9,17H2,1-3H3. The largest absolute Gasteiger partial charge is 0.399 e. The van der Waals surface area contributed by atoms with Crippen LogP contribution in [-0.2, 0) is 0 Å². The lowest BCUT2D eigenvalue weighted by Gasteiger charge is -2.39. The molecule has 2 N–H and O–H groups in total. The van der Waals surface area contributed by atoms with E-state index in [2.05, 4.69) is 60.5 Å². The summed E-state index contributed by atoms with van der Waals surface area (Å²) < 4.78 is 1.25. The highest BCUT2D eigenvalue weighted by Gasteiger charge is 2.29. The van der Waals surface area contributed by atoms with Crippen molar-refractivity contribution >= 4 is 34.0 Å². The summed E-state index contributed by atoms with van der Waals surface area (Å²) in [6, 6.07) is 6.88. The Hall–Kier alpha value is -0.450. The van der Waals surface area contributed by atoms with Crippen molar-refractivity contribution in [2.45, 2.75) is 45.6 Å². The van der Waals surface area contributed by atoms with Crippen molar-refractivity contribution in [1.29, 1.82) is 0 Å². The van der Waals surface area contributed by atoms with E-state index in [9.17, 15) is 0 Å². The Bertz CT molecular complexity index is 419. The van der Waals surface area contributed by atoms with E-state index in [4.69, 9.17) is 5.73 Å². The van der Waals surface area contributed by atoms with Crippen LogP contribution in [0.3, 0.4) is 0 Å². The van der Waals surface area contributed by atoms with Gasteiger partial charge in [-0.05, 0) is 71.9 Å². The first-order valence-electron chi connectivity index (χ1n) is 6.67. The number of halogens is 1. The van der Waals surface area contributed by atoms with Gasteiger partial charge in [-0.25, -0.2) is 0 Å². The summed E-state index contributed by atoms with van der Waals surface area (Å²) in [7, 11) is 2.22. The van der Waals surface area contributed by atoms with E-state index >= 15 is 0 Å². The predicted molar refractivity (Wildman–Crippen MR) is 88.0 cm³/mol. The fraction of sp³-hybridized carbons (Fsp3) is 0.600. The first-order valence-corrected chi connectivity index (χ1v) is 7.75. The third-order valence-electron chi connectivity index (χ3n) is 4.21. The Kier molecular flexibility index (Phi) is 4.09. The smallest absolute Gasteiger partial charge is 0.0503 e. The van der Waals surface area contributed by atoms with Crippen molar-refractivity contribution < 1.29 is 0 Å². The topological polar surface area (TPSA) is 29.3 Å². The van der Waals surface area contributed by atoms with Crippen LogP contribution in [0.15, 0.2) is 18.2 Å². The Morgan fingerprint density at radius 3 is 2.44 bits per heavy atom. The zero-order valence-electron chi connectivity index (χ0n) is 11.5. The molecule has 3 heteroatoms. The molecule has 0 radical (unpaired) electrons. The van der Waals surface area contributed by atoms with Crippen molar-refractivity contribution in [3.05, 3.63) is 21.8 Å². The van der Waals surface area contributed by atoms with Crippen LogP contribution in [-0.4, -0.2) is 13.1 Å². The summed E-state index contributed by atoms with van der Waals surface area (Å²) in [5, 5.41) is 0. The molecule has 0 spiro atoms. The van der Waals surface area contributed by atoms with Crippen LogP contribution in [0.2, 0.25) is 0 Å². The molecule has 0 unspecified atom stereocenters. The molecule has 18 heavy (non-hydrogen) atoms. The van der Waals surface area contributed by atoms with Gasteiger partial charge < -0.3 is 10.6 Å². The van der Waals surface area contributed by atoms with Gasteiger partial charge in [0.2, 0.25) is 0 Å². The van der Waals surface area contributed by atoms with E-state index < -0.39 is 0 Å². The molecule has 0 bridgehead atoms. The van der Waals surface area contributed by atoms with Crippen LogP contribution >= 0.6 is 22.6 Å². The van der Waals surface area contributed by atoms with Crippen LogP contribution in [0.25, 0.3) is 0 Å². The third-order valence-corrected chi connectivity index (χ3v) is 5.07. The summed E-state index contributed by atoms with van der Waals surface area (Å²) >= 11 is 2.38. The molecule has 1 aliphatic carbocycles. The highest BCUT2D eigenvalue weighted by Crippen LogP contribution is 2.38. The minimum atomic E-state index is 0.533. The van der Waals surface area contributed by atoms with Crippen LogP contribution < -0.4 is 10.6 Å². The lowest BCUT2D eigenvalue weighted by molar-refractivity contribution is 0.222. The number of hydrogen-bond acceptors (Lipinski definition) is 2. The van der Waals surface area contributed by atoms with Gasteiger partial charge in [0.15, 0.2) is 0 Å². The highest BCUT2D eigenvalue weighted by atomic mass is 127. The van der Waals surface area contributed by atoms with Crippen LogP contribution in [0.5, 0.6) is 0 Å². The average molecular weight is 358 g/mol. The van der Waals surface area contributed by atoms with Crippen molar-refractivity contribution in [3.63, 3.8) is 0 Å². The quantitative estimate of drug-likeness (QED) is 0.632. The first kappa shape index (κ1) is 14.0. The highest BCUT2D eigenvalue weighted by molar-refractivity contribution is 14.1. The lowest BCUT2D eigenvalue weighted by Crippen LogP contribution is -2.37. The van der Waals surface area contributed by atoms with Gasteiger partial charge in [-0.3, -0.25) is 0 Å². The minimum Gasteiger partial charge on any atom is -0.399 e. The molecule has 1 aliphatic rings. The van der Waals surface area contributed by atoms with E-state index in [1.54, 1.807) is 0 Å². The van der Waals surface area contributed by atoms with Crippen LogP contribution in [0.1, 0.15) is 39.5 Å². The van der Waals surface area contributed by atoms with Gasteiger partial charge in [0.25, 0.3) is 0 Å². The van der Waals surface area contributed by atoms with Gasteiger partial charge in [-0.1, -0.05) is 13.8 Å². The Labute approximate surface area is 124 Å². The molecule has 0 heterocycles.